The summed E-state index contributed by atoms with van der Waals surface area (Å²) in [5.74, 6) is 0.880. The van der Waals surface area contributed by atoms with Crippen molar-refractivity contribution >= 4 is 34.9 Å². The summed E-state index contributed by atoms with van der Waals surface area (Å²) in [5, 5.41) is 10.5. The minimum absolute atomic E-state index is 0.0166. The molecule has 2 N–H and O–H groups in total. The summed E-state index contributed by atoms with van der Waals surface area (Å²) in [6.07, 6.45) is 6.32. The first-order valence-electron chi connectivity index (χ1n) is 13.2. The van der Waals surface area contributed by atoms with Gasteiger partial charge in [-0.25, -0.2) is 9.78 Å². The molecule has 2 aliphatic heterocycles. The summed E-state index contributed by atoms with van der Waals surface area (Å²) in [5.41, 5.74) is 1.48. The minimum atomic E-state index is -0.532. The molecule has 2 fully saturated rings. The fraction of sp³-hybridized carbons (Fsp3) is 0.600. The van der Waals surface area contributed by atoms with Gasteiger partial charge in [-0.2, -0.15) is 15.1 Å². The summed E-state index contributed by atoms with van der Waals surface area (Å²) in [6.45, 7) is 9.20. The van der Waals surface area contributed by atoms with E-state index in [0.717, 1.165) is 5.69 Å². The third kappa shape index (κ3) is 6.38. The molecule has 0 bridgehead atoms. The molecule has 0 aliphatic carbocycles. The van der Waals surface area contributed by atoms with Crippen LogP contribution in [0.4, 0.5) is 16.6 Å². The molecule has 3 aromatic rings. The van der Waals surface area contributed by atoms with Crippen LogP contribution in [0.3, 0.4) is 0 Å². The molecule has 0 aromatic carbocycles. The highest BCUT2D eigenvalue weighted by Gasteiger charge is 2.28. The van der Waals surface area contributed by atoms with Gasteiger partial charge in [-0.15, -0.1) is 0 Å². The lowest BCUT2D eigenvalue weighted by Gasteiger charge is -2.33. The molecular weight excluding hydrogens is 504 g/mol. The Morgan fingerprint density at radius 3 is 2.54 bits per heavy atom. The van der Waals surface area contributed by atoms with Gasteiger partial charge in [0.1, 0.15) is 11.9 Å². The van der Waals surface area contributed by atoms with Crippen LogP contribution in [0.5, 0.6) is 0 Å². The van der Waals surface area contributed by atoms with Crippen LogP contribution >= 0.6 is 0 Å². The van der Waals surface area contributed by atoms with E-state index in [1.54, 1.807) is 22.1 Å². The normalized spacial score (nSPS) is 16.9. The summed E-state index contributed by atoms with van der Waals surface area (Å²) in [7, 11) is 1.85. The van der Waals surface area contributed by atoms with Gasteiger partial charge < -0.3 is 29.9 Å². The van der Waals surface area contributed by atoms with Gasteiger partial charge in [0.15, 0.2) is 17.0 Å². The van der Waals surface area contributed by atoms with E-state index in [1.807, 2.05) is 38.6 Å². The Bertz CT molecular complexity index is 1320. The van der Waals surface area contributed by atoms with Crippen LogP contribution in [0.1, 0.15) is 33.6 Å². The van der Waals surface area contributed by atoms with Gasteiger partial charge in [0.2, 0.25) is 11.9 Å². The van der Waals surface area contributed by atoms with E-state index < -0.39 is 5.60 Å². The number of hydrogen-bond acceptors (Lipinski definition) is 10. The highest BCUT2D eigenvalue weighted by atomic mass is 16.6. The standard InChI is InChI=1S/C25H36N10O4/c1-25(2,3)39-24(37)34-7-5-17(6-8-34)29-19(36)14-26-21-20-22(31-23(30-21)33-9-11-38-12-10-33)35(16-27-20)18-13-28-32(4)15-18/h13,15-17H,5-12,14H2,1-4H3,(H,29,36)(H,26,30,31). The van der Waals surface area contributed by atoms with Crippen LogP contribution in [-0.2, 0) is 21.3 Å². The highest BCUT2D eigenvalue weighted by molar-refractivity contribution is 5.88. The number of nitrogens with zero attached hydrogens (tertiary/aromatic N) is 8. The molecule has 14 nitrogen and oxygen atoms in total. The molecule has 0 radical (unpaired) electrons. The lowest BCUT2D eigenvalue weighted by Crippen LogP contribution is -2.48. The molecule has 5 heterocycles. The number of fused-ring (bicyclic) bond motifs is 1. The van der Waals surface area contributed by atoms with Crippen molar-refractivity contribution < 1.29 is 19.1 Å². The number of rotatable bonds is 6. The van der Waals surface area contributed by atoms with Gasteiger partial charge in [-0.1, -0.05) is 0 Å². The molecule has 5 rings (SSSR count). The molecule has 2 saturated heterocycles. The smallest absolute Gasteiger partial charge is 0.410 e. The van der Waals surface area contributed by atoms with Gasteiger partial charge >= 0.3 is 6.09 Å². The van der Waals surface area contributed by atoms with Crippen LogP contribution in [0.15, 0.2) is 18.7 Å². The Morgan fingerprint density at radius 1 is 1.13 bits per heavy atom. The first-order chi connectivity index (χ1) is 18.7. The van der Waals surface area contributed by atoms with Crippen LogP contribution in [0.25, 0.3) is 16.9 Å². The van der Waals surface area contributed by atoms with Crippen molar-refractivity contribution in [1.29, 1.82) is 0 Å². The molecule has 2 amide bonds. The fourth-order valence-corrected chi connectivity index (χ4v) is 4.61. The van der Waals surface area contributed by atoms with Crippen LogP contribution in [0.2, 0.25) is 0 Å². The maximum atomic E-state index is 12.9. The van der Waals surface area contributed by atoms with E-state index in [2.05, 4.69) is 25.6 Å². The van der Waals surface area contributed by atoms with Crippen molar-refractivity contribution in [2.45, 2.75) is 45.3 Å². The first-order valence-corrected chi connectivity index (χ1v) is 13.2. The molecular formula is C25H36N10O4. The second kappa shape index (κ2) is 11.0. The number of likely N-dealkylation sites (tertiary alicyclic amines) is 1. The van der Waals surface area contributed by atoms with E-state index in [4.69, 9.17) is 19.4 Å². The predicted molar refractivity (Wildman–Crippen MR) is 144 cm³/mol. The van der Waals surface area contributed by atoms with E-state index >= 15 is 0 Å². The zero-order valence-electron chi connectivity index (χ0n) is 22.9. The van der Waals surface area contributed by atoms with Crippen molar-refractivity contribution in [2.24, 2.45) is 7.05 Å². The number of aryl methyl sites for hydroxylation is 1. The van der Waals surface area contributed by atoms with Gasteiger partial charge in [0.25, 0.3) is 0 Å². The molecule has 0 spiro atoms. The maximum Gasteiger partial charge on any atom is 0.410 e. The molecule has 2 aliphatic rings. The van der Waals surface area contributed by atoms with Crippen molar-refractivity contribution in [2.75, 3.05) is 56.2 Å². The summed E-state index contributed by atoms with van der Waals surface area (Å²) >= 11 is 0. The number of carbonyl (C=O) groups is 2. The average Bonchev–Trinajstić information content (AvgIpc) is 3.53. The molecule has 39 heavy (non-hydrogen) atoms. The van der Waals surface area contributed by atoms with Gasteiger partial charge in [-0.3, -0.25) is 14.0 Å². The topological polar surface area (TPSA) is 145 Å². The van der Waals surface area contributed by atoms with E-state index in [0.29, 0.717) is 75.2 Å². The maximum absolute atomic E-state index is 12.9. The monoisotopic (exact) mass is 540 g/mol. The number of imidazole rings is 1. The van der Waals surface area contributed by atoms with Crippen molar-refractivity contribution in [3.05, 3.63) is 18.7 Å². The van der Waals surface area contributed by atoms with Crippen LogP contribution in [0, 0.1) is 0 Å². The third-order valence-corrected chi connectivity index (χ3v) is 6.58. The number of anilines is 2. The van der Waals surface area contributed by atoms with Crippen LogP contribution < -0.4 is 15.5 Å². The number of aromatic nitrogens is 6. The SMILES string of the molecule is Cn1cc(-n2cnc3c(NCC(=O)NC4CCN(C(=O)OC(C)(C)C)CC4)nc(N4CCOCC4)nc32)cn1. The Kier molecular flexibility index (Phi) is 7.55. The van der Waals surface area contributed by atoms with Crippen LogP contribution in [-0.4, -0.2) is 104 Å². The summed E-state index contributed by atoms with van der Waals surface area (Å²) < 4.78 is 14.5. The van der Waals surface area contributed by atoms with E-state index in [-0.39, 0.29) is 24.6 Å². The summed E-state index contributed by atoms with van der Waals surface area (Å²) in [4.78, 5) is 43.0. The van der Waals surface area contributed by atoms with Crippen molar-refractivity contribution in [1.82, 2.24) is 39.5 Å². The largest absolute Gasteiger partial charge is 0.444 e. The van der Waals surface area contributed by atoms with Gasteiger partial charge in [0, 0.05) is 45.5 Å². The van der Waals surface area contributed by atoms with Crippen molar-refractivity contribution in [3.63, 3.8) is 0 Å². The van der Waals surface area contributed by atoms with E-state index in [9.17, 15) is 9.59 Å². The molecule has 210 valence electrons. The zero-order valence-corrected chi connectivity index (χ0v) is 22.9. The number of nitrogens with one attached hydrogen (secondary N) is 2. The Morgan fingerprint density at radius 2 is 1.87 bits per heavy atom. The minimum Gasteiger partial charge on any atom is -0.444 e. The Hall–Kier alpha value is -3.94. The van der Waals surface area contributed by atoms with Gasteiger partial charge in [0.05, 0.1) is 31.6 Å². The lowest BCUT2D eigenvalue weighted by atomic mass is 10.1. The lowest BCUT2D eigenvalue weighted by molar-refractivity contribution is -0.120. The summed E-state index contributed by atoms with van der Waals surface area (Å²) in [6, 6.07) is -0.0166. The second-order valence-electron chi connectivity index (χ2n) is 10.8. The number of amides is 2. The zero-order chi connectivity index (χ0) is 27.6. The number of ether oxygens (including phenoxy) is 2. The quantitative estimate of drug-likeness (QED) is 0.469. The van der Waals surface area contributed by atoms with Gasteiger partial charge in [-0.05, 0) is 33.6 Å². The highest BCUT2D eigenvalue weighted by Crippen LogP contribution is 2.25. The third-order valence-electron chi connectivity index (χ3n) is 6.58. The molecule has 0 saturated carbocycles. The van der Waals surface area contributed by atoms with E-state index in [1.165, 1.54) is 0 Å². The second-order valence-corrected chi connectivity index (χ2v) is 10.8. The van der Waals surface area contributed by atoms with Crippen molar-refractivity contribution in [3.8, 4) is 5.69 Å². The first kappa shape index (κ1) is 26.7. The molecule has 14 heteroatoms. The molecule has 3 aromatic heterocycles. The Labute approximate surface area is 226 Å². The predicted octanol–water partition coefficient (Wildman–Crippen LogP) is 1.31. The molecule has 0 atom stereocenters. The number of carbonyl (C=O) groups excluding carboxylic acids is 2. The average molecular weight is 541 g/mol. The fourth-order valence-electron chi connectivity index (χ4n) is 4.61. The number of piperidine rings is 1. The number of hydrogen-bond donors (Lipinski definition) is 2. The Balaban J connectivity index is 1.25. The molecule has 0 unspecified atom stereocenters. The number of morpholine rings is 1.